The van der Waals surface area contributed by atoms with Crippen molar-refractivity contribution >= 4 is 9.28 Å². The lowest BCUT2D eigenvalue weighted by Crippen LogP contribution is -2.65. The van der Waals surface area contributed by atoms with Crippen LogP contribution in [0.1, 0.15) is 40.5 Å². The molecule has 0 heterocycles. The molecule has 0 aromatic carbocycles. The van der Waals surface area contributed by atoms with Crippen molar-refractivity contribution in [2.24, 2.45) is 0 Å². The summed E-state index contributed by atoms with van der Waals surface area (Å²) in [6.07, 6.45) is 2.47. The molecule has 3 N–H and O–H groups in total. The van der Waals surface area contributed by atoms with Crippen molar-refractivity contribution < 1.29 is 0 Å². The van der Waals surface area contributed by atoms with E-state index in [1.807, 2.05) is 14.1 Å². The van der Waals surface area contributed by atoms with Crippen LogP contribution in [0, 0.1) is 0 Å². The summed E-state index contributed by atoms with van der Waals surface area (Å²) in [4.78, 5) is 6.75. The van der Waals surface area contributed by atoms with Crippen LogP contribution in [-0.4, -0.2) is 40.1 Å². The highest BCUT2D eigenvalue weighted by Gasteiger charge is 2.21. The number of hydrazine groups is 1. The molecule has 15 heavy (non-hydrogen) atoms. The first kappa shape index (κ1) is 15.1. The maximum absolute atomic E-state index is 3.56. The van der Waals surface area contributed by atoms with E-state index in [9.17, 15) is 0 Å². The molecule has 0 aliphatic rings. The maximum Gasteiger partial charge on any atom is 0.280 e. The summed E-state index contributed by atoms with van der Waals surface area (Å²) in [5, 5.41) is 0. The molecule has 0 saturated carbocycles. The fraction of sp³-hybridized carbons (Fsp3) is 1.00. The molecule has 4 nitrogen and oxygen atoms in total. The highest BCUT2D eigenvalue weighted by atomic mass is 28.3. The van der Waals surface area contributed by atoms with E-state index in [0.717, 1.165) is 6.54 Å². The molecule has 0 aromatic heterocycles. The molecule has 0 fully saturated rings. The normalized spacial score (nSPS) is 12.8. The first-order chi connectivity index (χ1) is 6.94. The van der Waals surface area contributed by atoms with E-state index in [4.69, 9.17) is 0 Å². The molecule has 0 atom stereocenters. The fourth-order valence-corrected chi connectivity index (χ4v) is 3.33. The molecule has 0 amide bonds. The molecule has 0 radical (unpaired) electrons. The Balaban J connectivity index is 4.28. The van der Waals surface area contributed by atoms with Gasteiger partial charge in [0.2, 0.25) is 0 Å². The first-order valence-electron chi connectivity index (χ1n) is 5.83. The summed E-state index contributed by atoms with van der Waals surface area (Å²) in [5.41, 5.74) is 3.69. The van der Waals surface area contributed by atoms with Gasteiger partial charge in [0.1, 0.15) is 0 Å². The summed E-state index contributed by atoms with van der Waals surface area (Å²) in [5.74, 6) is 0. The van der Waals surface area contributed by atoms with Crippen molar-refractivity contribution in [2.75, 3.05) is 20.6 Å². The lowest BCUT2D eigenvalue weighted by Gasteiger charge is -2.36. The van der Waals surface area contributed by atoms with Gasteiger partial charge in [-0.3, -0.25) is 5.43 Å². The quantitative estimate of drug-likeness (QED) is 0.443. The van der Waals surface area contributed by atoms with Gasteiger partial charge >= 0.3 is 0 Å². The second-order valence-corrected chi connectivity index (χ2v) is 7.47. The SMILES string of the molecule is CCCCN(NC(C)(C)C)[SiH](NC)NC. The molecule has 0 spiro atoms. The monoisotopic (exact) mass is 232 g/mol. The Morgan fingerprint density at radius 1 is 1.13 bits per heavy atom. The van der Waals surface area contributed by atoms with Crippen molar-refractivity contribution in [1.29, 1.82) is 0 Å². The van der Waals surface area contributed by atoms with E-state index in [-0.39, 0.29) is 5.54 Å². The van der Waals surface area contributed by atoms with E-state index < -0.39 is 9.28 Å². The van der Waals surface area contributed by atoms with Crippen LogP contribution in [0.25, 0.3) is 0 Å². The number of hydrogen-bond acceptors (Lipinski definition) is 4. The van der Waals surface area contributed by atoms with Crippen LogP contribution in [0.3, 0.4) is 0 Å². The zero-order valence-electron chi connectivity index (χ0n) is 11.1. The van der Waals surface area contributed by atoms with Crippen molar-refractivity contribution in [3.8, 4) is 0 Å². The number of unbranched alkanes of at least 4 members (excludes halogenated alkanes) is 1. The molecular formula is C10H28N4Si. The molecule has 0 aliphatic heterocycles. The maximum atomic E-state index is 3.56. The van der Waals surface area contributed by atoms with Gasteiger partial charge in [0.15, 0.2) is 0 Å². The Hall–Kier alpha value is 0.0569. The van der Waals surface area contributed by atoms with E-state index >= 15 is 0 Å². The third-order valence-corrected chi connectivity index (χ3v) is 4.19. The summed E-state index contributed by atoms with van der Waals surface area (Å²) < 4.78 is 2.36. The minimum atomic E-state index is -1.22. The highest BCUT2D eigenvalue weighted by Crippen LogP contribution is 2.02. The zero-order valence-corrected chi connectivity index (χ0v) is 12.3. The molecule has 0 saturated heterocycles. The van der Waals surface area contributed by atoms with Crippen molar-refractivity contribution in [2.45, 2.75) is 46.1 Å². The number of nitrogens with one attached hydrogen (secondary N) is 3. The minimum Gasteiger partial charge on any atom is -0.318 e. The second kappa shape index (κ2) is 7.35. The lowest BCUT2D eigenvalue weighted by molar-refractivity contribution is 0.214. The van der Waals surface area contributed by atoms with Gasteiger partial charge in [-0.05, 0) is 41.3 Å². The van der Waals surface area contributed by atoms with Crippen LogP contribution in [0.2, 0.25) is 0 Å². The third-order valence-electron chi connectivity index (χ3n) is 2.09. The summed E-state index contributed by atoms with van der Waals surface area (Å²) in [6, 6.07) is 0. The van der Waals surface area contributed by atoms with Crippen molar-refractivity contribution in [3.05, 3.63) is 0 Å². The Labute approximate surface area is 96.6 Å². The Morgan fingerprint density at radius 3 is 2.00 bits per heavy atom. The van der Waals surface area contributed by atoms with E-state index in [1.165, 1.54) is 12.8 Å². The molecule has 0 aliphatic carbocycles. The van der Waals surface area contributed by atoms with Gasteiger partial charge in [-0.2, -0.15) is 0 Å². The molecule has 92 valence electrons. The van der Waals surface area contributed by atoms with Crippen molar-refractivity contribution in [3.63, 3.8) is 0 Å². The predicted molar refractivity (Wildman–Crippen MR) is 69.8 cm³/mol. The molecule has 5 heteroatoms. The minimum absolute atomic E-state index is 0.132. The molecule has 0 unspecified atom stereocenters. The third kappa shape index (κ3) is 7.02. The van der Waals surface area contributed by atoms with E-state index in [1.54, 1.807) is 0 Å². The van der Waals surface area contributed by atoms with Crippen LogP contribution in [0.4, 0.5) is 0 Å². The van der Waals surface area contributed by atoms with Gasteiger partial charge in [-0.1, -0.05) is 13.3 Å². The Morgan fingerprint density at radius 2 is 1.67 bits per heavy atom. The van der Waals surface area contributed by atoms with Crippen LogP contribution >= 0.6 is 0 Å². The predicted octanol–water partition coefficient (Wildman–Crippen LogP) is 0.548. The van der Waals surface area contributed by atoms with Gasteiger partial charge in [0.25, 0.3) is 9.28 Å². The molecule has 0 rings (SSSR count). The van der Waals surface area contributed by atoms with E-state index in [0.29, 0.717) is 0 Å². The standard InChI is InChI=1S/C10H28N4Si/c1-7-8-9-14(13-10(2,3)4)15(11-5)12-6/h11-13,15H,7-9H2,1-6H3. The summed E-state index contributed by atoms with van der Waals surface area (Å²) in [7, 11) is 2.83. The van der Waals surface area contributed by atoms with Gasteiger partial charge in [-0.15, -0.1) is 0 Å². The first-order valence-corrected chi connectivity index (χ1v) is 7.50. The van der Waals surface area contributed by atoms with Gasteiger partial charge in [-0.25, -0.2) is 4.67 Å². The van der Waals surface area contributed by atoms with Gasteiger partial charge in [0.05, 0.1) is 0 Å². The van der Waals surface area contributed by atoms with Crippen LogP contribution < -0.4 is 15.4 Å². The number of hydrogen-bond donors (Lipinski definition) is 3. The lowest BCUT2D eigenvalue weighted by atomic mass is 10.1. The topological polar surface area (TPSA) is 39.3 Å². The average molecular weight is 232 g/mol. The summed E-state index contributed by atoms with van der Waals surface area (Å²) >= 11 is 0. The fourth-order valence-electron chi connectivity index (χ4n) is 1.46. The van der Waals surface area contributed by atoms with Gasteiger partial charge < -0.3 is 9.96 Å². The average Bonchev–Trinajstić information content (AvgIpc) is 2.13. The molecular weight excluding hydrogens is 204 g/mol. The Bertz CT molecular complexity index is 154. The smallest absolute Gasteiger partial charge is 0.280 e. The van der Waals surface area contributed by atoms with Gasteiger partial charge in [0, 0.05) is 12.1 Å². The van der Waals surface area contributed by atoms with Crippen LogP contribution in [0.5, 0.6) is 0 Å². The largest absolute Gasteiger partial charge is 0.318 e. The Kier molecular flexibility index (Phi) is 7.38. The molecule has 0 aromatic rings. The zero-order chi connectivity index (χ0) is 11.9. The van der Waals surface area contributed by atoms with Crippen LogP contribution in [-0.2, 0) is 0 Å². The number of nitrogens with zero attached hydrogens (tertiary/aromatic N) is 1. The molecule has 0 bridgehead atoms. The van der Waals surface area contributed by atoms with Crippen LogP contribution in [0.15, 0.2) is 0 Å². The van der Waals surface area contributed by atoms with Crippen molar-refractivity contribution in [1.82, 2.24) is 20.1 Å². The second-order valence-electron chi connectivity index (χ2n) is 4.89. The van der Waals surface area contributed by atoms with E-state index in [2.05, 4.69) is 47.8 Å². The highest BCUT2D eigenvalue weighted by molar-refractivity contribution is 6.49. The summed E-state index contributed by atoms with van der Waals surface area (Å²) in [6.45, 7) is 9.92. The number of rotatable bonds is 7.